The van der Waals surface area contributed by atoms with E-state index < -0.39 is 11.8 Å². The van der Waals surface area contributed by atoms with Gasteiger partial charge in [0.2, 0.25) is 5.78 Å². The molecular weight excluding hydrogens is 131 g/mol. The van der Waals surface area contributed by atoms with Crippen LogP contribution in [0.25, 0.3) is 0 Å². The Hall–Kier alpha value is -0.570. The number of halogens is 1. The fourth-order valence-corrected chi connectivity index (χ4v) is 0.151. The molecule has 0 aromatic rings. The molecule has 0 radical (unpaired) electrons. The molecule has 48 valence electrons. The maximum Gasteiger partial charge on any atom is 0.372 e. The molecule has 0 amide bonds. The average molecular weight is 139 g/mol. The Labute approximate surface area is 53.1 Å². The minimum absolute atomic E-state index is 0. The molecular formula is C4H7ClO3. The zero-order chi connectivity index (χ0) is 5.86. The Morgan fingerprint density at radius 3 is 1.88 bits per heavy atom. The van der Waals surface area contributed by atoms with E-state index in [-0.39, 0.29) is 18.8 Å². The van der Waals surface area contributed by atoms with Crippen LogP contribution in [0, 0.1) is 0 Å². The summed E-state index contributed by atoms with van der Waals surface area (Å²) in [5, 5.41) is 7.83. The number of Topliss-reactive ketones (excluding diaryl/α,β-unsaturated/α-hetero) is 1. The predicted molar refractivity (Wildman–Crippen MR) is 30.2 cm³/mol. The highest BCUT2D eigenvalue weighted by Crippen LogP contribution is 1.76. The maximum atomic E-state index is 9.91. The van der Waals surface area contributed by atoms with Gasteiger partial charge in [0.05, 0.1) is 0 Å². The molecule has 0 aromatic carbocycles. The lowest BCUT2D eigenvalue weighted by molar-refractivity contribution is -0.148. The van der Waals surface area contributed by atoms with Gasteiger partial charge in [-0.15, -0.1) is 12.4 Å². The highest BCUT2D eigenvalue weighted by Gasteiger charge is 2.05. The van der Waals surface area contributed by atoms with Crippen LogP contribution in [-0.2, 0) is 9.59 Å². The molecule has 0 rings (SSSR count). The van der Waals surface area contributed by atoms with E-state index >= 15 is 0 Å². The summed E-state index contributed by atoms with van der Waals surface area (Å²) in [6.07, 6.45) is 0.0787. The van der Waals surface area contributed by atoms with Crippen molar-refractivity contribution in [2.24, 2.45) is 0 Å². The van der Waals surface area contributed by atoms with Crippen molar-refractivity contribution in [1.29, 1.82) is 0 Å². The molecule has 3 nitrogen and oxygen atoms in total. The highest BCUT2D eigenvalue weighted by molar-refractivity contribution is 6.32. The molecule has 0 aromatic heterocycles. The third-order valence-corrected chi connectivity index (χ3v) is 0.560. The Balaban J connectivity index is 0. The van der Waals surface area contributed by atoms with Gasteiger partial charge in [-0.1, -0.05) is 6.92 Å². The van der Waals surface area contributed by atoms with Gasteiger partial charge in [0, 0.05) is 6.42 Å². The zero-order valence-corrected chi connectivity index (χ0v) is 5.20. The first-order chi connectivity index (χ1) is 3.18. The quantitative estimate of drug-likeness (QED) is 0.565. The average Bonchev–Trinajstić information content (AvgIpc) is 1.65. The monoisotopic (exact) mass is 138 g/mol. The number of aliphatic carboxylic acids is 1. The van der Waals surface area contributed by atoms with Crippen LogP contribution in [0.2, 0.25) is 0 Å². The lowest BCUT2D eigenvalue weighted by Crippen LogP contribution is -2.09. The standard InChI is InChI=1S/C4H6O3.ClH/c1-2-3(5)4(6)7;/h2H2,1H3,(H,6,7);1H. The van der Waals surface area contributed by atoms with Gasteiger partial charge in [-0.2, -0.15) is 0 Å². The molecule has 0 saturated heterocycles. The molecule has 0 fully saturated rings. The van der Waals surface area contributed by atoms with Crippen LogP contribution >= 0.6 is 12.4 Å². The summed E-state index contributed by atoms with van der Waals surface area (Å²) < 4.78 is 0. The minimum Gasteiger partial charge on any atom is -0.476 e. The topological polar surface area (TPSA) is 54.4 Å². The summed E-state index contributed by atoms with van der Waals surface area (Å²) in [5.41, 5.74) is 0. The van der Waals surface area contributed by atoms with Crippen molar-refractivity contribution in [3.8, 4) is 0 Å². The molecule has 0 heterocycles. The van der Waals surface area contributed by atoms with Crippen LogP contribution in [0.3, 0.4) is 0 Å². The largest absolute Gasteiger partial charge is 0.476 e. The first-order valence-corrected chi connectivity index (χ1v) is 1.94. The zero-order valence-electron chi connectivity index (χ0n) is 4.38. The van der Waals surface area contributed by atoms with E-state index in [1.807, 2.05) is 0 Å². The summed E-state index contributed by atoms with van der Waals surface area (Å²) in [7, 11) is 0. The van der Waals surface area contributed by atoms with E-state index in [1.165, 1.54) is 6.92 Å². The Kier molecular flexibility index (Phi) is 5.97. The van der Waals surface area contributed by atoms with E-state index in [2.05, 4.69) is 0 Å². The Bertz CT molecular complexity index is 99.5. The van der Waals surface area contributed by atoms with Crippen molar-refractivity contribution < 1.29 is 14.7 Å². The minimum atomic E-state index is -1.34. The maximum absolute atomic E-state index is 9.91. The highest BCUT2D eigenvalue weighted by atomic mass is 35.5. The number of carbonyl (C=O) groups is 2. The van der Waals surface area contributed by atoms with Crippen molar-refractivity contribution in [2.75, 3.05) is 0 Å². The normalized spacial score (nSPS) is 7.12. The van der Waals surface area contributed by atoms with Crippen molar-refractivity contribution in [1.82, 2.24) is 0 Å². The molecule has 0 saturated carbocycles. The second kappa shape index (κ2) is 4.59. The molecule has 0 bridgehead atoms. The molecule has 0 spiro atoms. The number of ketones is 1. The van der Waals surface area contributed by atoms with Crippen molar-refractivity contribution in [3.63, 3.8) is 0 Å². The Morgan fingerprint density at radius 1 is 1.50 bits per heavy atom. The number of carboxylic acid groups (broad SMARTS) is 1. The summed E-state index contributed by atoms with van der Waals surface area (Å²) >= 11 is 0. The van der Waals surface area contributed by atoms with E-state index in [4.69, 9.17) is 5.11 Å². The molecule has 1 N–H and O–H groups in total. The van der Waals surface area contributed by atoms with Crippen LogP contribution in [0.4, 0.5) is 0 Å². The lowest BCUT2D eigenvalue weighted by atomic mass is 10.3. The predicted octanol–water partition coefficient (Wildman–Crippen LogP) is 0.472. The summed E-state index contributed by atoms with van der Waals surface area (Å²) in [5.74, 6) is -2.08. The van der Waals surface area contributed by atoms with Gasteiger partial charge < -0.3 is 5.11 Å². The summed E-state index contributed by atoms with van der Waals surface area (Å²) in [6, 6.07) is 0. The van der Waals surface area contributed by atoms with E-state index in [1.54, 1.807) is 0 Å². The lowest BCUT2D eigenvalue weighted by Gasteiger charge is -1.80. The summed E-state index contributed by atoms with van der Waals surface area (Å²) in [4.78, 5) is 19.5. The molecule has 0 unspecified atom stereocenters. The van der Waals surface area contributed by atoms with Crippen molar-refractivity contribution in [2.45, 2.75) is 13.3 Å². The van der Waals surface area contributed by atoms with Gasteiger partial charge in [-0.3, -0.25) is 4.79 Å². The fraction of sp³-hybridized carbons (Fsp3) is 0.500. The smallest absolute Gasteiger partial charge is 0.372 e. The molecule has 0 aliphatic carbocycles. The number of hydrogen-bond donors (Lipinski definition) is 1. The van der Waals surface area contributed by atoms with E-state index in [0.717, 1.165) is 0 Å². The molecule has 0 atom stereocenters. The summed E-state index contributed by atoms with van der Waals surface area (Å²) in [6.45, 7) is 1.51. The van der Waals surface area contributed by atoms with Crippen LogP contribution in [0.5, 0.6) is 0 Å². The molecule has 4 heteroatoms. The first kappa shape index (κ1) is 10.4. The van der Waals surface area contributed by atoms with Crippen molar-refractivity contribution in [3.05, 3.63) is 0 Å². The fourth-order valence-electron chi connectivity index (χ4n) is 0.151. The molecule has 0 aliphatic rings. The van der Waals surface area contributed by atoms with Gasteiger partial charge in [-0.25, -0.2) is 4.79 Å². The van der Waals surface area contributed by atoms with Gasteiger partial charge in [0.1, 0.15) is 0 Å². The van der Waals surface area contributed by atoms with Gasteiger partial charge >= 0.3 is 5.97 Å². The number of carbonyl (C=O) groups excluding carboxylic acids is 1. The van der Waals surface area contributed by atoms with Crippen molar-refractivity contribution >= 4 is 24.2 Å². The number of hydrogen-bond acceptors (Lipinski definition) is 2. The number of carboxylic acids is 1. The van der Waals surface area contributed by atoms with Crippen LogP contribution in [0.15, 0.2) is 0 Å². The van der Waals surface area contributed by atoms with E-state index in [0.29, 0.717) is 0 Å². The van der Waals surface area contributed by atoms with Crippen LogP contribution < -0.4 is 0 Å². The van der Waals surface area contributed by atoms with Gasteiger partial charge in [0.25, 0.3) is 0 Å². The Morgan fingerprint density at radius 2 is 1.88 bits per heavy atom. The van der Waals surface area contributed by atoms with Crippen LogP contribution in [-0.4, -0.2) is 16.9 Å². The first-order valence-electron chi connectivity index (χ1n) is 1.94. The second-order valence-corrected chi connectivity index (χ2v) is 1.08. The van der Waals surface area contributed by atoms with Gasteiger partial charge in [0.15, 0.2) is 0 Å². The SMILES string of the molecule is CCC(=O)C(=O)O.Cl. The van der Waals surface area contributed by atoms with Crippen LogP contribution in [0.1, 0.15) is 13.3 Å². The third kappa shape index (κ3) is 3.61. The van der Waals surface area contributed by atoms with E-state index in [9.17, 15) is 9.59 Å². The number of rotatable bonds is 2. The molecule has 0 aliphatic heterocycles. The van der Waals surface area contributed by atoms with Gasteiger partial charge in [-0.05, 0) is 0 Å². The third-order valence-electron chi connectivity index (χ3n) is 0.560. The molecule has 8 heavy (non-hydrogen) atoms. The second-order valence-electron chi connectivity index (χ2n) is 1.08.